The van der Waals surface area contributed by atoms with Gasteiger partial charge in [0.15, 0.2) is 0 Å². The molecule has 2 rings (SSSR count). The number of nitrogens with zero attached hydrogens (tertiary/aromatic N) is 3. The van der Waals surface area contributed by atoms with E-state index < -0.39 is 0 Å². The summed E-state index contributed by atoms with van der Waals surface area (Å²) in [5.41, 5.74) is 0. The zero-order valence-corrected chi connectivity index (χ0v) is 12.2. The minimum Gasteiger partial charge on any atom is -0.316 e. The molecule has 0 aliphatic carbocycles. The zero-order chi connectivity index (χ0) is 13.5. The van der Waals surface area contributed by atoms with Gasteiger partial charge in [0.05, 0.1) is 6.54 Å². The molecule has 1 aliphatic rings. The monoisotopic (exact) mass is 262 g/mol. The third kappa shape index (κ3) is 5.25. The first-order valence-corrected chi connectivity index (χ1v) is 7.43. The molecular weight excluding hydrogens is 236 g/mol. The van der Waals surface area contributed by atoms with Gasteiger partial charge in [-0.3, -0.25) is 4.90 Å². The lowest BCUT2D eigenvalue weighted by molar-refractivity contribution is 0.171. The second-order valence-electron chi connectivity index (χ2n) is 5.94. The summed E-state index contributed by atoms with van der Waals surface area (Å²) in [7, 11) is 0. The highest BCUT2D eigenvalue weighted by atomic mass is 15.1. The quantitative estimate of drug-likeness (QED) is 0.850. The van der Waals surface area contributed by atoms with Crippen LogP contribution in [0, 0.1) is 11.8 Å². The average Bonchev–Trinajstić information content (AvgIpc) is 2.42. The molecule has 1 N–H and O–H groups in total. The van der Waals surface area contributed by atoms with Crippen molar-refractivity contribution in [2.75, 3.05) is 26.2 Å². The van der Waals surface area contributed by atoms with Gasteiger partial charge < -0.3 is 5.32 Å². The van der Waals surface area contributed by atoms with E-state index >= 15 is 0 Å². The fraction of sp³-hybridized carbons (Fsp3) is 0.733. The molecule has 19 heavy (non-hydrogen) atoms. The molecule has 0 saturated carbocycles. The smallest absolute Gasteiger partial charge is 0.142 e. The van der Waals surface area contributed by atoms with Crippen molar-refractivity contribution in [2.45, 2.75) is 33.2 Å². The van der Waals surface area contributed by atoms with Gasteiger partial charge in [0.25, 0.3) is 0 Å². The SMILES string of the molecule is CC(C)CNCC1CCN(Cc2ncccn2)CC1. The van der Waals surface area contributed by atoms with Crippen molar-refractivity contribution in [2.24, 2.45) is 11.8 Å². The van der Waals surface area contributed by atoms with Crippen molar-refractivity contribution in [3.8, 4) is 0 Å². The van der Waals surface area contributed by atoms with Crippen LogP contribution < -0.4 is 5.32 Å². The highest BCUT2D eigenvalue weighted by Gasteiger charge is 2.19. The molecule has 1 aromatic rings. The summed E-state index contributed by atoms with van der Waals surface area (Å²) >= 11 is 0. The maximum atomic E-state index is 4.30. The summed E-state index contributed by atoms with van der Waals surface area (Å²) in [6.07, 6.45) is 6.23. The third-order valence-corrected chi connectivity index (χ3v) is 3.68. The van der Waals surface area contributed by atoms with E-state index in [1.165, 1.54) is 32.5 Å². The van der Waals surface area contributed by atoms with Gasteiger partial charge in [-0.05, 0) is 56.9 Å². The standard InChI is InChI=1S/C15H26N4/c1-13(2)10-16-11-14-4-8-19(9-5-14)12-15-17-6-3-7-18-15/h3,6-7,13-14,16H,4-5,8-12H2,1-2H3. The van der Waals surface area contributed by atoms with Crippen molar-refractivity contribution in [1.82, 2.24) is 20.2 Å². The minimum atomic E-state index is 0.746. The first-order valence-electron chi connectivity index (χ1n) is 7.43. The van der Waals surface area contributed by atoms with E-state index in [-0.39, 0.29) is 0 Å². The summed E-state index contributed by atoms with van der Waals surface area (Å²) < 4.78 is 0. The Morgan fingerprint density at radius 3 is 2.58 bits per heavy atom. The van der Waals surface area contributed by atoms with Crippen molar-refractivity contribution in [1.29, 1.82) is 0 Å². The third-order valence-electron chi connectivity index (χ3n) is 3.68. The number of likely N-dealkylation sites (tertiary alicyclic amines) is 1. The molecule has 1 fully saturated rings. The van der Waals surface area contributed by atoms with E-state index in [1.54, 1.807) is 0 Å². The van der Waals surface area contributed by atoms with E-state index in [1.807, 2.05) is 18.5 Å². The highest BCUT2D eigenvalue weighted by molar-refractivity contribution is 4.89. The molecule has 0 amide bonds. The van der Waals surface area contributed by atoms with Crippen LogP contribution in [0.4, 0.5) is 0 Å². The molecule has 106 valence electrons. The lowest BCUT2D eigenvalue weighted by Crippen LogP contribution is -2.37. The van der Waals surface area contributed by atoms with Crippen LogP contribution in [0.3, 0.4) is 0 Å². The normalized spacial score (nSPS) is 18.1. The van der Waals surface area contributed by atoms with E-state index in [0.717, 1.165) is 30.7 Å². The van der Waals surface area contributed by atoms with Crippen molar-refractivity contribution < 1.29 is 0 Å². The predicted molar refractivity (Wildman–Crippen MR) is 77.7 cm³/mol. The average molecular weight is 262 g/mol. The van der Waals surface area contributed by atoms with Crippen LogP contribution >= 0.6 is 0 Å². The van der Waals surface area contributed by atoms with Gasteiger partial charge in [0.1, 0.15) is 5.82 Å². The molecule has 1 saturated heterocycles. The molecule has 0 radical (unpaired) electrons. The summed E-state index contributed by atoms with van der Waals surface area (Å²) in [5.74, 6) is 2.53. The van der Waals surface area contributed by atoms with E-state index in [0.29, 0.717) is 0 Å². The Balaban J connectivity index is 1.65. The first kappa shape index (κ1) is 14.4. The Hall–Kier alpha value is -1.00. The predicted octanol–water partition coefficient (Wildman–Crippen LogP) is 1.93. The number of hydrogen-bond donors (Lipinski definition) is 1. The fourth-order valence-corrected chi connectivity index (χ4v) is 2.54. The Morgan fingerprint density at radius 2 is 1.95 bits per heavy atom. The van der Waals surface area contributed by atoms with Gasteiger partial charge >= 0.3 is 0 Å². The molecule has 2 heterocycles. The number of aromatic nitrogens is 2. The number of rotatable bonds is 6. The molecule has 4 heteroatoms. The van der Waals surface area contributed by atoms with Gasteiger partial charge in [0.2, 0.25) is 0 Å². The molecule has 0 atom stereocenters. The van der Waals surface area contributed by atoms with Crippen LogP contribution in [0.2, 0.25) is 0 Å². The van der Waals surface area contributed by atoms with Crippen LogP contribution in [0.25, 0.3) is 0 Å². The highest BCUT2D eigenvalue weighted by Crippen LogP contribution is 2.17. The van der Waals surface area contributed by atoms with Gasteiger partial charge in [0, 0.05) is 12.4 Å². The number of piperidine rings is 1. The van der Waals surface area contributed by atoms with Gasteiger partial charge in [-0.15, -0.1) is 0 Å². The van der Waals surface area contributed by atoms with Gasteiger partial charge in [-0.2, -0.15) is 0 Å². The molecule has 1 aliphatic heterocycles. The molecule has 0 spiro atoms. The fourth-order valence-electron chi connectivity index (χ4n) is 2.54. The molecule has 1 aromatic heterocycles. The van der Waals surface area contributed by atoms with Crippen molar-refractivity contribution >= 4 is 0 Å². The second-order valence-corrected chi connectivity index (χ2v) is 5.94. The molecule has 0 unspecified atom stereocenters. The largest absolute Gasteiger partial charge is 0.316 e. The molecular formula is C15H26N4. The zero-order valence-electron chi connectivity index (χ0n) is 12.2. The minimum absolute atomic E-state index is 0.746. The Labute approximate surface area is 116 Å². The molecule has 0 bridgehead atoms. The topological polar surface area (TPSA) is 41.0 Å². The maximum absolute atomic E-state index is 4.30. The Morgan fingerprint density at radius 1 is 1.26 bits per heavy atom. The summed E-state index contributed by atoms with van der Waals surface area (Å²) in [4.78, 5) is 11.1. The second kappa shape index (κ2) is 7.56. The van der Waals surface area contributed by atoms with Crippen LogP contribution in [-0.2, 0) is 6.54 Å². The number of nitrogens with one attached hydrogen (secondary N) is 1. The molecule has 0 aromatic carbocycles. The summed E-state index contributed by atoms with van der Waals surface area (Å²) in [6, 6.07) is 1.87. The Kier molecular flexibility index (Phi) is 5.73. The molecule has 4 nitrogen and oxygen atoms in total. The lowest BCUT2D eigenvalue weighted by atomic mass is 9.96. The summed E-state index contributed by atoms with van der Waals surface area (Å²) in [5, 5.41) is 3.58. The van der Waals surface area contributed by atoms with E-state index in [2.05, 4.69) is 34.0 Å². The maximum Gasteiger partial charge on any atom is 0.142 e. The van der Waals surface area contributed by atoms with Crippen molar-refractivity contribution in [3.05, 3.63) is 24.3 Å². The van der Waals surface area contributed by atoms with E-state index in [9.17, 15) is 0 Å². The van der Waals surface area contributed by atoms with Crippen LogP contribution in [0.1, 0.15) is 32.5 Å². The van der Waals surface area contributed by atoms with Crippen LogP contribution in [-0.4, -0.2) is 41.0 Å². The van der Waals surface area contributed by atoms with E-state index in [4.69, 9.17) is 0 Å². The van der Waals surface area contributed by atoms with Gasteiger partial charge in [-0.25, -0.2) is 9.97 Å². The lowest BCUT2D eigenvalue weighted by Gasteiger charge is -2.31. The summed E-state index contributed by atoms with van der Waals surface area (Å²) in [6.45, 7) is 10.1. The van der Waals surface area contributed by atoms with Gasteiger partial charge in [-0.1, -0.05) is 13.8 Å². The van der Waals surface area contributed by atoms with Crippen molar-refractivity contribution in [3.63, 3.8) is 0 Å². The van der Waals surface area contributed by atoms with Crippen LogP contribution in [0.15, 0.2) is 18.5 Å². The first-order chi connectivity index (χ1) is 9.24. The Bertz CT molecular complexity index is 344. The van der Waals surface area contributed by atoms with Crippen LogP contribution in [0.5, 0.6) is 0 Å². The number of hydrogen-bond acceptors (Lipinski definition) is 4.